The van der Waals surface area contributed by atoms with Gasteiger partial charge in [0.15, 0.2) is 5.71 Å². The van der Waals surface area contributed by atoms with Crippen LogP contribution < -0.4 is 5.43 Å². The molecule has 1 N–H and O–H groups in total. The molecule has 20 heavy (non-hydrogen) atoms. The van der Waals surface area contributed by atoms with Crippen molar-refractivity contribution in [3.05, 3.63) is 35.9 Å². The van der Waals surface area contributed by atoms with Crippen molar-refractivity contribution in [3.63, 3.8) is 0 Å². The van der Waals surface area contributed by atoms with Crippen molar-refractivity contribution in [1.82, 2.24) is 5.43 Å². The number of rotatable bonds is 3. The molecule has 0 saturated heterocycles. The first kappa shape index (κ1) is 13.0. The number of hydrogen-bond acceptors (Lipinski definition) is 5. The third kappa shape index (κ3) is 2.61. The fourth-order valence-electron chi connectivity index (χ4n) is 2.66. The lowest BCUT2D eigenvalue weighted by atomic mass is 9.98. The molecule has 1 aliphatic carbocycles. The standard InChI is InChI=1S/C15H18N2O3/c1-10-9-12(13-7-4-8-19-13)14(17-16-10)15(18)20-11-5-2-3-6-11/h4,7-9,11-12,16H,2-3,5-6H2,1H3. The maximum atomic E-state index is 12.3. The lowest BCUT2D eigenvalue weighted by Gasteiger charge is -2.20. The zero-order chi connectivity index (χ0) is 13.9. The number of hydrogen-bond donors (Lipinski definition) is 1. The number of furan rings is 1. The summed E-state index contributed by atoms with van der Waals surface area (Å²) in [6.45, 7) is 1.90. The molecule has 1 fully saturated rings. The topological polar surface area (TPSA) is 63.8 Å². The quantitative estimate of drug-likeness (QED) is 0.861. The van der Waals surface area contributed by atoms with Crippen LogP contribution >= 0.6 is 0 Å². The van der Waals surface area contributed by atoms with E-state index in [4.69, 9.17) is 9.15 Å². The Labute approximate surface area is 117 Å². The van der Waals surface area contributed by atoms with Crippen LogP contribution in [0.25, 0.3) is 0 Å². The molecule has 5 nitrogen and oxygen atoms in total. The van der Waals surface area contributed by atoms with Crippen LogP contribution in [0.2, 0.25) is 0 Å². The van der Waals surface area contributed by atoms with Crippen molar-refractivity contribution in [2.45, 2.75) is 44.6 Å². The van der Waals surface area contributed by atoms with Crippen LogP contribution in [0.3, 0.4) is 0 Å². The van der Waals surface area contributed by atoms with Crippen molar-refractivity contribution in [1.29, 1.82) is 0 Å². The molecular weight excluding hydrogens is 256 g/mol. The number of hydrazone groups is 1. The third-order valence-corrected chi connectivity index (χ3v) is 3.70. The van der Waals surface area contributed by atoms with Crippen molar-refractivity contribution in [2.24, 2.45) is 5.10 Å². The Morgan fingerprint density at radius 2 is 2.25 bits per heavy atom. The van der Waals surface area contributed by atoms with Gasteiger partial charge in [-0.3, -0.25) is 5.43 Å². The van der Waals surface area contributed by atoms with Gasteiger partial charge in [0.25, 0.3) is 0 Å². The summed E-state index contributed by atoms with van der Waals surface area (Å²) in [6, 6.07) is 3.65. The van der Waals surface area contributed by atoms with E-state index in [1.54, 1.807) is 12.3 Å². The van der Waals surface area contributed by atoms with E-state index in [2.05, 4.69) is 10.5 Å². The highest BCUT2D eigenvalue weighted by molar-refractivity contribution is 6.39. The second kappa shape index (κ2) is 5.53. The molecule has 5 heteroatoms. The number of nitrogens with one attached hydrogen (secondary N) is 1. The van der Waals surface area contributed by atoms with Gasteiger partial charge in [0.1, 0.15) is 11.9 Å². The molecule has 1 aliphatic heterocycles. The van der Waals surface area contributed by atoms with Crippen molar-refractivity contribution in [2.75, 3.05) is 0 Å². The van der Waals surface area contributed by atoms with Crippen LogP contribution in [-0.4, -0.2) is 17.8 Å². The zero-order valence-corrected chi connectivity index (χ0v) is 11.5. The van der Waals surface area contributed by atoms with Gasteiger partial charge in [-0.2, -0.15) is 5.10 Å². The molecule has 0 spiro atoms. The van der Waals surface area contributed by atoms with E-state index in [0.29, 0.717) is 11.5 Å². The molecule has 2 heterocycles. The van der Waals surface area contributed by atoms with Crippen LogP contribution in [0.5, 0.6) is 0 Å². The number of ether oxygens (including phenoxy) is 1. The highest BCUT2D eigenvalue weighted by Crippen LogP contribution is 2.26. The SMILES string of the molecule is CC1=CC(c2ccco2)C(C(=O)OC2CCCC2)=NN1. The number of esters is 1. The van der Waals surface area contributed by atoms with E-state index in [0.717, 1.165) is 31.4 Å². The molecule has 1 unspecified atom stereocenters. The summed E-state index contributed by atoms with van der Waals surface area (Å²) in [5.74, 6) is 0.0719. The van der Waals surface area contributed by atoms with Gasteiger partial charge in [0.2, 0.25) is 0 Å². The van der Waals surface area contributed by atoms with Gasteiger partial charge in [-0.15, -0.1) is 0 Å². The number of nitrogens with zero attached hydrogens (tertiary/aromatic N) is 1. The summed E-state index contributed by atoms with van der Waals surface area (Å²) >= 11 is 0. The summed E-state index contributed by atoms with van der Waals surface area (Å²) in [5, 5.41) is 4.15. The summed E-state index contributed by atoms with van der Waals surface area (Å²) in [6.07, 6.45) is 7.72. The highest BCUT2D eigenvalue weighted by Gasteiger charge is 2.31. The summed E-state index contributed by atoms with van der Waals surface area (Å²) in [7, 11) is 0. The van der Waals surface area contributed by atoms with Crippen LogP contribution in [0.4, 0.5) is 0 Å². The monoisotopic (exact) mass is 274 g/mol. The average molecular weight is 274 g/mol. The molecule has 0 radical (unpaired) electrons. The smallest absolute Gasteiger partial charge is 0.355 e. The molecule has 3 rings (SSSR count). The van der Waals surface area contributed by atoms with E-state index in [1.807, 2.05) is 19.1 Å². The lowest BCUT2D eigenvalue weighted by Crippen LogP contribution is -2.31. The van der Waals surface area contributed by atoms with Gasteiger partial charge >= 0.3 is 5.97 Å². The summed E-state index contributed by atoms with van der Waals surface area (Å²) in [4.78, 5) is 12.3. The lowest BCUT2D eigenvalue weighted by molar-refractivity contribution is -0.140. The molecule has 1 atom stereocenters. The largest absolute Gasteiger partial charge is 0.468 e. The average Bonchev–Trinajstić information content (AvgIpc) is 3.11. The maximum absolute atomic E-state index is 12.3. The predicted octanol–water partition coefficient (Wildman–Crippen LogP) is 2.71. The van der Waals surface area contributed by atoms with Gasteiger partial charge in [-0.1, -0.05) is 0 Å². The molecule has 0 amide bonds. The van der Waals surface area contributed by atoms with Crippen LogP contribution in [0.1, 0.15) is 44.3 Å². The van der Waals surface area contributed by atoms with Gasteiger partial charge in [0, 0.05) is 5.70 Å². The first-order valence-electron chi connectivity index (χ1n) is 7.00. The van der Waals surface area contributed by atoms with E-state index < -0.39 is 0 Å². The zero-order valence-electron chi connectivity index (χ0n) is 11.5. The number of carbonyl (C=O) groups excluding carboxylic acids is 1. The Balaban J connectivity index is 1.77. The fraction of sp³-hybridized carbons (Fsp3) is 0.467. The van der Waals surface area contributed by atoms with Crippen LogP contribution in [0.15, 0.2) is 39.7 Å². The molecular formula is C15H18N2O3. The Bertz CT molecular complexity index is 539. The van der Waals surface area contributed by atoms with Crippen LogP contribution in [-0.2, 0) is 9.53 Å². The van der Waals surface area contributed by atoms with E-state index in [9.17, 15) is 4.79 Å². The number of carbonyl (C=O) groups is 1. The Morgan fingerprint density at radius 3 is 2.95 bits per heavy atom. The van der Waals surface area contributed by atoms with Crippen molar-refractivity contribution >= 4 is 11.7 Å². The minimum Gasteiger partial charge on any atom is -0.468 e. The number of allylic oxidation sites excluding steroid dienone is 2. The molecule has 1 saturated carbocycles. The Hall–Kier alpha value is -2.04. The predicted molar refractivity (Wildman–Crippen MR) is 74.1 cm³/mol. The Morgan fingerprint density at radius 1 is 1.45 bits per heavy atom. The molecule has 106 valence electrons. The maximum Gasteiger partial charge on any atom is 0.355 e. The third-order valence-electron chi connectivity index (χ3n) is 3.70. The highest BCUT2D eigenvalue weighted by atomic mass is 16.5. The molecule has 0 bridgehead atoms. The summed E-state index contributed by atoms with van der Waals surface area (Å²) < 4.78 is 10.9. The minimum atomic E-state index is -0.352. The van der Waals surface area contributed by atoms with E-state index in [1.165, 1.54) is 0 Å². The molecule has 2 aliphatic rings. The first-order valence-corrected chi connectivity index (χ1v) is 7.00. The van der Waals surface area contributed by atoms with E-state index >= 15 is 0 Å². The summed E-state index contributed by atoms with van der Waals surface area (Å²) in [5.41, 5.74) is 4.09. The van der Waals surface area contributed by atoms with Gasteiger partial charge in [-0.05, 0) is 50.8 Å². The second-order valence-electron chi connectivity index (χ2n) is 5.26. The van der Waals surface area contributed by atoms with Gasteiger partial charge in [0.05, 0.1) is 12.2 Å². The molecule has 1 aromatic heterocycles. The normalized spacial score (nSPS) is 22.9. The fourth-order valence-corrected chi connectivity index (χ4v) is 2.66. The Kier molecular flexibility index (Phi) is 3.58. The van der Waals surface area contributed by atoms with Crippen molar-refractivity contribution in [3.8, 4) is 0 Å². The minimum absolute atomic E-state index is 0.0365. The van der Waals surface area contributed by atoms with Gasteiger partial charge in [-0.25, -0.2) is 4.79 Å². The van der Waals surface area contributed by atoms with Crippen molar-refractivity contribution < 1.29 is 13.9 Å². The molecule has 0 aromatic carbocycles. The first-order chi connectivity index (χ1) is 9.74. The molecule has 1 aromatic rings. The van der Waals surface area contributed by atoms with Gasteiger partial charge < -0.3 is 9.15 Å². The van der Waals surface area contributed by atoms with Crippen LogP contribution in [0, 0.1) is 0 Å². The van der Waals surface area contributed by atoms with E-state index in [-0.39, 0.29) is 18.0 Å². The second-order valence-corrected chi connectivity index (χ2v) is 5.26.